The van der Waals surface area contributed by atoms with Gasteiger partial charge in [0.15, 0.2) is 0 Å². The van der Waals surface area contributed by atoms with Crippen LogP contribution in [0.4, 0.5) is 0 Å². The first-order chi connectivity index (χ1) is 10.7. The van der Waals surface area contributed by atoms with E-state index < -0.39 is 0 Å². The van der Waals surface area contributed by atoms with E-state index in [0.717, 1.165) is 11.3 Å². The van der Waals surface area contributed by atoms with Gasteiger partial charge in [-0.15, -0.1) is 0 Å². The summed E-state index contributed by atoms with van der Waals surface area (Å²) in [6.07, 6.45) is 0.915. The van der Waals surface area contributed by atoms with Crippen molar-refractivity contribution in [1.29, 1.82) is 0 Å². The highest BCUT2D eigenvalue weighted by Gasteiger charge is 2.17. The lowest BCUT2D eigenvalue weighted by molar-refractivity contribution is -0.136. The van der Waals surface area contributed by atoms with Crippen LogP contribution in [0, 0.1) is 0 Å². The van der Waals surface area contributed by atoms with E-state index in [9.17, 15) is 9.59 Å². The minimum absolute atomic E-state index is 0.0464. The summed E-state index contributed by atoms with van der Waals surface area (Å²) in [5.74, 6) is 0.584. The molecule has 2 rings (SSSR count). The number of nitrogens with one attached hydrogen (secondary N) is 1. The Morgan fingerprint density at radius 3 is 2.73 bits per heavy atom. The van der Waals surface area contributed by atoms with Crippen molar-refractivity contribution in [3.8, 4) is 5.75 Å². The SMILES string of the molecule is COc1ccccc1CCC(=O)NCC(=O)N1CCOCC1. The van der Waals surface area contributed by atoms with Gasteiger partial charge in [-0.1, -0.05) is 18.2 Å². The number of amides is 2. The van der Waals surface area contributed by atoms with E-state index in [2.05, 4.69) is 5.32 Å². The Kier molecular flexibility index (Phi) is 6.21. The van der Waals surface area contributed by atoms with Gasteiger partial charge in [-0.25, -0.2) is 0 Å². The number of carbonyl (C=O) groups excluding carboxylic acids is 2. The molecule has 0 aliphatic carbocycles. The molecule has 0 atom stereocenters. The van der Waals surface area contributed by atoms with Crippen LogP contribution in [0.15, 0.2) is 24.3 Å². The summed E-state index contributed by atoms with van der Waals surface area (Å²) in [6.45, 7) is 2.36. The summed E-state index contributed by atoms with van der Waals surface area (Å²) < 4.78 is 10.4. The molecule has 1 saturated heterocycles. The van der Waals surface area contributed by atoms with Crippen molar-refractivity contribution in [1.82, 2.24) is 10.2 Å². The number of nitrogens with zero attached hydrogens (tertiary/aromatic N) is 1. The van der Waals surface area contributed by atoms with Gasteiger partial charge >= 0.3 is 0 Å². The van der Waals surface area contributed by atoms with Crippen LogP contribution in [0.1, 0.15) is 12.0 Å². The van der Waals surface area contributed by atoms with Gasteiger partial charge in [-0.05, 0) is 18.1 Å². The summed E-state index contributed by atoms with van der Waals surface area (Å²) in [4.78, 5) is 25.5. The highest BCUT2D eigenvalue weighted by atomic mass is 16.5. The average Bonchev–Trinajstić information content (AvgIpc) is 2.58. The molecule has 1 aliphatic rings. The van der Waals surface area contributed by atoms with E-state index in [1.165, 1.54) is 0 Å². The number of ether oxygens (including phenoxy) is 2. The highest BCUT2D eigenvalue weighted by molar-refractivity contribution is 5.84. The highest BCUT2D eigenvalue weighted by Crippen LogP contribution is 2.18. The van der Waals surface area contributed by atoms with Gasteiger partial charge < -0.3 is 19.7 Å². The molecule has 1 fully saturated rings. The molecule has 1 N–H and O–H groups in total. The van der Waals surface area contributed by atoms with Gasteiger partial charge in [0.2, 0.25) is 11.8 Å². The third-order valence-electron chi connectivity index (χ3n) is 3.61. The number of para-hydroxylation sites is 1. The molecule has 0 radical (unpaired) electrons. The summed E-state index contributed by atoms with van der Waals surface area (Å²) >= 11 is 0. The van der Waals surface area contributed by atoms with E-state index in [4.69, 9.17) is 9.47 Å². The van der Waals surface area contributed by atoms with Crippen molar-refractivity contribution in [3.05, 3.63) is 29.8 Å². The summed E-state index contributed by atoms with van der Waals surface area (Å²) in [5, 5.41) is 2.68. The molecule has 0 bridgehead atoms. The topological polar surface area (TPSA) is 67.9 Å². The smallest absolute Gasteiger partial charge is 0.242 e. The molecule has 2 amide bonds. The van der Waals surface area contributed by atoms with Crippen LogP contribution in [0.5, 0.6) is 5.75 Å². The normalized spacial score (nSPS) is 14.5. The monoisotopic (exact) mass is 306 g/mol. The zero-order chi connectivity index (χ0) is 15.8. The standard InChI is InChI=1S/C16H22N2O4/c1-21-14-5-3-2-4-13(14)6-7-15(19)17-12-16(20)18-8-10-22-11-9-18/h2-5H,6-12H2,1H3,(H,17,19). The summed E-state index contributed by atoms with van der Waals surface area (Å²) in [6, 6.07) is 7.61. The Labute approximate surface area is 130 Å². The lowest BCUT2D eigenvalue weighted by Crippen LogP contribution is -2.45. The minimum Gasteiger partial charge on any atom is -0.496 e. The molecule has 120 valence electrons. The molecule has 0 spiro atoms. The molecule has 0 aromatic heterocycles. The van der Waals surface area contributed by atoms with Gasteiger partial charge in [0.1, 0.15) is 5.75 Å². The van der Waals surface area contributed by atoms with Crippen LogP contribution >= 0.6 is 0 Å². The summed E-state index contributed by atoms with van der Waals surface area (Å²) in [5.41, 5.74) is 0.986. The number of hydrogen-bond acceptors (Lipinski definition) is 4. The number of methoxy groups -OCH3 is 1. The average molecular weight is 306 g/mol. The Bertz CT molecular complexity index is 513. The van der Waals surface area contributed by atoms with Crippen molar-refractivity contribution >= 4 is 11.8 Å². The van der Waals surface area contributed by atoms with Gasteiger partial charge in [0.05, 0.1) is 26.9 Å². The Morgan fingerprint density at radius 2 is 2.00 bits per heavy atom. The molecule has 1 heterocycles. The number of aryl methyl sites for hydroxylation is 1. The van der Waals surface area contributed by atoms with Crippen LogP contribution in [0.25, 0.3) is 0 Å². The predicted octanol–water partition coefficient (Wildman–Crippen LogP) is 0.603. The molecule has 6 heteroatoms. The number of benzene rings is 1. The number of rotatable bonds is 6. The van der Waals surface area contributed by atoms with Gasteiger partial charge in [-0.2, -0.15) is 0 Å². The quantitative estimate of drug-likeness (QED) is 0.836. The van der Waals surface area contributed by atoms with Gasteiger partial charge in [-0.3, -0.25) is 9.59 Å². The third-order valence-corrected chi connectivity index (χ3v) is 3.61. The minimum atomic E-state index is -0.132. The van der Waals surface area contributed by atoms with Crippen molar-refractivity contribution in [2.24, 2.45) is 0 Å². The molecule has 0 saturated carbocycles. The second-order valence-electron chi connectivity index (χ2n) is 5.08. The van der Waals surface area contributed by atoms with Gasteiger partial charge in [0.25, 0.3) is 0 Å². The van der Waals surface area contributed by atoms with Crippen molar-refractivity contribution in [2.75, 3.05) is 40.0 Å². The lowest BCUT2D eigenvalue weighted by Gasteiger charge is -2.26. The molecule has 0 unspecified atom stereocenters. The number of carbonyl (C=O) groups is 2. The zero-order valence-electron chi connectivity index (χ0n) is 12.8. The maximum absolute atomic E-state index is 11.9. The van der Waals surface area contributed by atoms with Crippen LogP contribution < -0.4 is 10.1 Å². The molecule has 1 aliphatic heterocycles. The zero-order valence-corrected chi connectivity index (χ0v) is 12.8. The fourth-order valence-corrected chi connectivity index (χ4v) is 2.34. The summed E-state index contributed by atoms with van der Waals surface area (Å²) in [7, 11) is 1.61. The van der Waals surface area contributed by atoms with Crippen LogP contribution in [-0.4, -0.2) is 56.7 Å². The first-order valence-corrected chi connectivity index (χ1v) is 7.45. The largest absolute Gasteiger partial charge is 0.496 e. The second kappa shape index (κ2) is 8.38. The van der Waals surface area contributed by atoms with Crippen LogP contribution in [0.2, 0.25) is 0 Å². The molecule has 6 nitrogen and oxygen atoms in total. The van der Waals surface area contributed by atoms with E-state index >= 15 is 0 Å². The first kappa shape index (κ1) is 16.3. The fraction of sp³-hybridized carbons (Fsp3) is 0.500. The van der Waals surface area contributed by atoms with E-state index in [1.807, 2.05) is 24.3 Å². The van der Waals surface area contributed by atoms with Crippen molar-refractivity contribution in [3.63, 3.8) is 0 Å². The predicted molar refractivity (Wildman–Crippen MR) is 81.7 cm³/mol. The van der Waals surface area contributed by atoms with E-state index in [0.29, 0.717) is 39.1 Å². The first-order valence-electron chi connectivity index (χ1n) is 7.45. The molecular weight excluding hydrogens is 284 g/mol. The molecular formula is C16H22N2O4. The van der Waals surface area contributed by atoms with Gasteiger partial charge in [0, 0.05) is 19.5 Å². The molecule has 1 aromatic carbocycles. The van der Waals surface area contributed by atoms with Crippen LogP contribution in [-0.2, 0) is 20.7 Å². The van der Waals surface area contributed by atoms with Crippen molar-refractivity contribution < 1.29 is 19.1 Å². The van der Waals surface area contributed by atoms with E-state index in [1.54, 1.807) is 12.0 Å². The number of hydrogen-bond donors (Lipinski definition) is 1. The number of morpholine rings is 1. The maximum Gasteiger partial charge on any atom is 0.242 e. The lowest BCUT2D eigenvalue weighted by atomic mass is 10.1. The van der Waals surface area contributed by atoms with Crippen molar-refractivity contribution in [2.45, 2.75) is 12.8 Å². The molecule has 22 heavy (non-hydrogen) atoms. The second-order valence-corrected chi connectivity index (χ2v) is 5.08. The Balaban J connectivity index is 1.72. The van der Waals surface area contributed by atoms with E-state index in [-0.39, 0.29) is 18.4 Å². The van der Waals surface area contributed by atoms with Crippen LogP contribution in [0.3, 0.4) is 0 Å². The molecule has 1 aromatic rings. The Hall–Kier alpha value is -2.08. The fourth-order valence-electron chi connectivity index (χ4n) is 2.34. The third kappa shape index (κ3) is 4.73. The Morgan fingerprint density at radius 1 is 1.27 bits per heavy atom. The maximum atomic E-state index is 11.9.